The van der Waals surface area contributed by atoms with E-state index in [9.17, 15) is 0 Å². The lowest BCUT2D eigenvalue weighted by Crippen LogP contribution is -2.26. The van der Waals surface area contributed by atoms with Crippen molar-refractivity contribution in [3.63, 3.8) is 0 Å². The fourth-order valence-electron chi connectivity index (χ4n) is 12.4. The molecule has 0 saturated carbocycles. The number of rotatable bonds is 7. The lowest BCUT2D eigenvalue weighted by Gasteiger charge is -2.32. The first-order valence-electron chi connectivity index (χ1n) is 23.7. The van der Waals surface area contributed by atoms with Gasteiger partial charge in [0.1, 0.15) is 11.5 Å². The Balaban J connectivity index is 0.966. The minimum absolute atomic E-state index is 0.142. The van der Waals surface area contributed by atoms with E-state index >= 15 is 0 Å². The summed E-state index contributed by atoms with van der Waals surface area (Å²) in [7, 11) is 0. The summed E-state index contributed by atoms with van der Waals surface area (Å²) in [6.07, 6.45) is 11.4. The average molecular weight is 860 g/mol. The molecule has 1 unspecified atom stereocenters. The molecule has 4 aliphatic rings. The van der Waals surface area contributed by atoms with E-state index in [1.807, 2.05) is 13.0 Å². The molecule has 1 heterocycles. The van der Waals surface area contributed by atoms with Crippen LogP contribution in [0.25, 0.3) is 62.7 Å². The second kappa shape index (κ2) is 14.8. The Morgan fingerprint density at radius 3 is 1.78 bits per heavy atom. The van der Waals surface area contributed by atoms with Gasteiger partial charge in [0.15, 0.2) is 0 Å². The zero-order valence-electron chi connectivity index (χ0n) is 38.1. The predicted octanol–water partition coefficient (Wildman–Crippen LogP) is 17.1. The van der Waals surface area contributed by atoms with Crippen molar-refractivity contribution in [2.45, 2.75) is 43.9 Å². The van der Waals surface area contributed by atoms with Crippen molar-refractivity contribution in [3.05, 3.63) is 262 Å². The van der Waals surface area contributed by atoms with Crippen LogP contribution in [0.1, 0.15) is 88.3 Å². The number of hydrogen-bond donors (Lipinski definition) is 0. The lowest BCUT2D eigenvalue weighted by molar-refractivity contribution is 0.489. The summed E-state index contributed by atoms with van der Waals surface area (Å²) in [4.78, 5) is 2.46. The molecule has 1 spiro atoms. The summed E-state index contributed by atoms with van der Waals surface area (Å²) in [6.45, 7) is 10.8. The SMILES string of the molecule is C=Cc1oc2c(c1/C=C\C)C=CC(c1ccc(N(c3cccc(-c4cccc5c4C4(c6ccccc6-c6ccccc64)c4ccccc4-5)c3)c3ccc4c(c3)C(C)(C)c3ccccc3-4)cc1)C2. The van der Waals surface area contributed by atoms with Crippen LogP contribution in [-0.4, -0.2) is 0 Å². The third-order valence-electron chi connectivity index (χ3n) is 15.3. The first-order valence-corrected chi connectivity index (χ1v) is 23.7. The normalized spacial score (nSPS) is 16.0. The van der Waals surface area contributed by atoms with Gasteiger partial charge in [-0.05, 0) is 133 Å². The molecule has 0 radical (unpaired) electrons. The molecule has 0 saturated heterocycles. The van der Waals surface area contributed by atoms with Gasteiger partial charge in [-0.1, -0.05) is 190 Å². The predicted molar refractivity (Wildman–Crippen MR) is 279 cm³/mol. The zero-order valence-corrected chi connectivity index (χ0v) is 38.1. The number of anilines is 3. The van der Waals surface area contributed by atoms with Crippen molar-refractivity contribution in [1.82, 2.24) is 0 Å². The Bertz CT molecular complexity index is 3510. The maximum Gasteiger partial charge on any atom is 0.134 e. The maximum absolute atomic E-state index is 6.38. The highest BCUT2D eigenvalue weighted by atomic mass is 16.3. The molecule has 4 aliphatic carbocycles. The summed E-state index contributed by atoms with van der Waals surface area (Å²) in [5.41, 5.74) is 24.7. The van der Waals surface area contributed by atoms with E-state index in [1.54, 1.807) is 0 Å². The van der Waals surface area contributed by atoms with Crippen LogP contribution in [0.4, 0.5) is 17.1 Å². The Kier molecular flexibility index (Phi) is 8.70. The van der Waals surface area contributed by atoms with Crippen molar-refractivity contribution >= 4 is 35.3 Å². The van der Waals surface area contributed by atoms with Crippen LogP contribution >= 0.6 is 0 Å². The Labute approximate surface area is 393 Å². The third-order valence-corrected chi connectivity index (χ3v) is 15.3. The van der Waals surface area contributed by atoms with Gasteiger partial charge >= 0.3 is 0 Å². The van der Waals surface area contributed by atoms with Gasteiger partial charge in [-0.25, -0.2) is 0 Å². The van der Waals surface area contributed by atoms with Crippen LogP contribution in [0.5, 0.6) is 0 Å². The van der Waals surface area contributed by atoms with Crippen LogP contribution in [0.2, 0.25) is 0 Å². The summed E-state index contributed by atoms with van der Waals surface area (Å²) >= 11 is 0. The largest absolute Gasteiger partial charge is 0.460 e. The molecule has 13 rings (SSSR count). The summed E-state index contributed by atoms with van der Waals surface area (Å²) in [5.74, 6) is 2.05. The van der Waals surface area contributed by atoms with E-state index in [-0.39, 0.29) is 11.3 Å². The van der Waals surface area contributed by atoms with E-state index in [0.29, 0.717) is 0 Å². The number of nitrogens with zero attached hydrogens (tertiary/aromatic N) is 1. The van der Waals surface area contributed by atoms with E-state index in [1.165, 1.54) is 83.5 Å². The van der Waals surface area contributed by atoms with E-state index < -0.39 is 5.41 Å². The fraction of sp³-hybridized carbons (Fsp3) is 0.108. The minimum Gasteiger partial charge on any atom is -0.460 e. The number of furan rings is 1. The number of benzene rings is 8. The summed E-state index contributed by atoms with van der Waals surface area (Å²) < 4.78 is 6.38. The van der Waals surface area contributed by atoms with Crippen LogP contribution in [0.15, 0.2) is 205 Å². The molecule has 0 N–H and O–H groups in total. The zero-order chi connectivity index (χ0) is 45.0. The van der Waals surface area contributed by atoms with Crippen molar-refractivity contribution < 1.29 is 4.42 Å². The Hall–Kier alpha value is -7.94. The monoisotopic (exact) mass is 859 g/mol. The summed E-state index contributed by atoms with van der Waals surface area (Å²) in [6, 6.07) is 68.7. The van der Waals surface area contributed by atoms with E-state index in [0.717, 1.165) is 46.1 Å². The van der Waals surface area contributed by atoms with E-state index in [4.69, 9.17) is 4.42 Å². The van der Waals surface area contributed by atoms with Crippen LogP contribution in [0.3, 0.4) is 0 Å². The topological polar surface area (TPSA) is 16.4 Å². The lowest BCUT2D eigenvalue weighted by atomic mass is 9.68. The van der Waals surface area contributed by atoms with Crippen LogP contribution in [0, 0.1) is 0 Å². The molecule has 9 aromatic rings. The van der Waals surface area contributed by atoms with Gasteiger partial charge in [-0.2, -0.15) is 0 Å². The number of fused-ring (bicyclic) bond motifs is 14. The molecule has 67 heavy (non-hydrogen) atoms. The van der Waals surface area contributed by atoms with Gasteiger partial charge in [0.2, 0.25) is 0 Å². The fourth-order valence-corrected chi connectivity index (χ4v) is 12.4. The maximum atomic E-state index is 6.38. The van der Waals surface area contributed by atoms with Gasteiger partial charge in [0, 0.05) is 45.9 Å². The van der Waals surface area contributed by atoms with Gasteiger partial charge in [0.25, 0.3) is 0 Å². The highest BCUT2D eigenvalue weighted by Crippen LogP contribution is 2.64. The molecule has 1 atom stereocenters. The van der Waals surface area contributed by atoms with Gasteiger partial charge in [0.05, 0.1) is 5.41 Å². The molecule has 1 aromatic heterocycles. The summed E-state index contributed by atoms with van der Waals surface area (Å²) in [5, 5.41) is 0. The Morgan fingerprint density at radius 1 is 0.552 bits per heavy atom. The molecule has 2 nitrogen and oxygen atoms in total. The first-order chi connectivity index (χ1) is 32.9. The van der Waals surface area contributed by atoms with Gasteiger partial charge in [-0.3, -0.25) is 0 Å². The Morgan fingerprint density at radius 2 is 1.10 bits per heavy atom. The standard InChI is InChI=1S/C65H49NO/c1-5-17-53-54-36-32-42(39-62(54)67-61(53)6-2)41-30-33-44(34-31-41)66(46-35-37-52-48-20-7-11-26-56(48)64(3,4)60(52)40-46)45-19-15-18-43(38-45)47-24-16-25-55-51-23-10-14-29-59(51)65(63(47)55)57-27-12-8-21-49(57)50-22-9-13-28-58(50)65/h5-38,40,42H,2,39H2,1,3-4H3/b17-5-. The molecule has 0 bridgehead atoms. The molecule has 0 aliphatic heterocycles. The highest BCUT2D eigenvalue weighted by molar-refractivity contribution is 5.99. The number of allylic oxidation sites excluding steroid dienone is 2. The second-order valence-electron chi connectivity index (χ2n) is 19.1. The molecule has 320 valence electrons. The first kappa shape index (κ1) is 39.4. The molecule has 2 heteroatoms. The highest BCUT2D eigenvalue weighted by Gasteiger charge is 2.52. The number of hydrogen-bond acceptors (Lipinski definition) is 2. The molecule has 8 aromatic carbocycles. The molecular formula is C65H49NO. The van der Waals surface area contributed by atoms with Crippen LogP contribution in [-0.2, 0) is 17.3 Å². The third kappa shape index (κ3) is 5.57. The van der Waals surface area contributed by atoms with Crippen LogP contribution < -0.4 is 4.90 Å². The van der Waals surface area contributed by atoms with E-state index in [2.05, 4.69) is 232 Å². The minimum atomic E-state index is -0.451. The molecular weight excluding hydrogens is 811 g/mol. The second-order valence-corrected chi connectivity index (χ2v) is 19.1. The van der Waals surface area contributed by atoms with Gasteiger partial charge in [-0.15, -0.1) is 0 Å². The smallest absolute Gasteiger partial charge is 0.134 e. The van der Waals surface area contributed by atoms with Crippen molar-refractivity contribution in [3.8, 4) is 44.5 Å². The van der Waals surface area contributed by atoms with Crippen molar-refractivity contribution in [2.24, 2.45) is 0 Å². The van der Waals surface area contributed by atoms with Gasteiger partial charge < -0.3 is 9.32 Å². The van der Waals surface area contributed by atoms with Crippen molar-refractivity contribution in [1.29, 1.82) is 0 Å². The average Bonchev–Trinajstić information content (AvgIpc) is 4.06. The quantitative estimate of drug-likeness (QED) is 0.159. The molecule has 0 fully saturated rings. The molecule has 0 amide bonds. The van der Waals surface area contributed by atoms with Crippen molar-refractivity contribution in [2.75, 3.05) is 4.90 Å².